The molecule has 0 fully saturated rings. The first kappa shape index (κ1) is 6.90. The lowest BCUT2D eigenvalue weighted by Gasteiger charge is -1.87. The highest BCUT2D eigenvalue weighted by Gasteiger charge is 1.95. The van der Waals surface area contributed by atoms with Gasteiger partial charge in [-0.05, 0) is 17.0 Å². The molecule has 0 amide bonds. The molecule has 0 N–H and O–H groups in total. The molecule has 1 aromatic rings. The Hall–Kier alpha value is -0.210. The van der Waals surface area contributed by atoms with Crippen LogP contribution in [0.2, 0.25) is 0 Å². The zero-order chi connectivity index (χ0) is 6.69. The van der Waals surface area contributed by atoms with E-state index >= 15 is 0 Å². The van der Waals surface area contributed by atoms with E-state index in [1.165, 1.54) is 0 Å². The summed E-state index contributed by atoms with van der Waals surface area (Å²) in [6, 6.07) is 1.94. The second kappa shape index (κ2) is 3.08. The van der Waals surface area contributed by atoms with Crippen molar-refractivity contribution in [3.63, 3.8) is 0 Å². The highest BCUT2D eigenvalue weighted by atomic mass is 35.5. The van der Waals surface area contributed by atoms with Crippen LogP contribution in [0.5, 0.6) is 5.06 Å². The fourth-order valence-electron chi connectivity index (χ4n) is 0.530. The SMILES string of the molecule is COc1cc(CCl)cs1. The third-order valence-electron chi connectivity index (χ3n) is 0.985. The van der Waals surface area contributed by atoms with Crippen LogP contribution in [0.4, 0.5) is 0 Å². The van der Waals surface area contributed by atoms with Gasteiger partial charge in [-0.3, -0.25) is 0 Å². The van der Waals surface area contributed by atoms with Gasteiger partial charge in [0, 0.05) is 5.88 Å². The molecule has 9 heavy (non-hydrogen) atoms. The van der Waals surface area contributed by atoms with Crippen molar-refractivity contribution in [3.8, 4) is 5.06 Å². The molecule has 0 atom stereocenters. The number of hydrogen-bond acceptors (Lipinski definition) is 2. The Kier molecular flexibility index (Phi) is 2.37. The molecular weight excluding hydrogens is 156 g/mol. The maximum absolute atomic E-state index is 5.55. The molecule has 1 rings (SSSR count). The van der Waals surface area contributed by atoms with E-state index in [0.717, 1.165) is 10.6 Å². The molecule has 1 nitrogen and oxygen atoms in total. The summed E-state index contributed by atoms with van der Waals surface area (Å²) in [6.45, 7) is 0. The summed E-state index contributed by atoms with van der Waals surface area (Å²) in [4.78, 5) is 0. The molecule has 0 saturated heterocycles. The lowest BCUT2D eigenvalue weighted by molar-refractivity contribution is 0.427. The van der Waals surface area contributed by atoms with Crippen LogP contribution in [-0.2, 0) is 5.88 Å². The number of halogens is 1. The minimum absolute atomic E-state index is 0.569. The monoisotopic (exact) mass is 162 g/mol. The highest BCUT2D eigenvalue weighted by Crippen LogP contribution is 2.22. The van der Waals surface area contributed by atoms with Gasteiger partial charge in [0.1, 0.15) is 0 Å². The molecule has 0 saturated carbocycles. The van der Waals surface area contributed by atoms with Crippen LogP contribution in [0.3, 0.4) is 0 Å². The van der Waals surface area contributed by atoms with Gasteiger partial charge in [-0.15, -0.1) is 22.9 Å². The molecule has 0 aromatic carbocycles. The van der Waals surface area contributed by atoms with Crippen molar-refractivity contribution in [2.45, 2.75) is 5.88 Å². The summed E-state index contributed by atoms with van der Waals surface area (Å²) >= 11 is 7.12. The second-order valence-electron chi connectivity index (χ2n) is 1.61. The van der Waals surface area contributed by atoms with Crippen molar-refractivity contribution in [2.24, 2.45) is 0 Å². The van der Waals surface area contributed by atoms with Gasteiger partial charge in [-0.1, -0.05) is 0 Å². The highest BCUT2D eigenvalue weighted by molar-refractivity contribution is 7.12. The van der Waals surface area contributed by atoms with E-state index in [-0.39, 0.29) is 0 Å². The maximum atomic E-state index is 5.55. The maximum Gasteiger partial charge on any atom is 0.173 e. The van der Waals surface area contributed by atoms with Gasteiger partial charge >= 0.3 is 0 Å². The van der Waals surface area contributed by atoms with Crippen LogP contribution in [0.15, 0.2) is 11.4 Å². The lowest BCUT2D eigenvalue weighted by atomic mass is 10.4. The molecule has 0 spiro atoms. The van der Waals surface area contributed by atoms with Gasteiger partial charge in [0.15, 0.2) is 5.06 Å². The van der Waals surface area contributed by atoms with Crippen molar-refractivity contribution < 1.29 is 4.74 Å². The number of ether oxygens (including phenoxy) is 1. The fraction of sp³-hybridized carbons (Fsp3) is 0.333. The Morgan fingerprint density at radius 2 is 2.56 bits per heavy atom. The average molecular weight is 163 g/mol. The normalized spacial score (nSPS) is 9.56. The van der Waals surface area contributed by atoms with Crippen molar-refractivity contribution in [1.82, 2.24) is 0 Å². The summed E-state index contributed by atoms with van der Waals surface area (Å²) in [6.07, 6.45) is 0. The molecule has 0 aliphatic carbocycles. The predicted octanol–water partition coefficient (Wildman–Crippen LogP) is 2.50. The number of hydrogen-bond donors (Lipinski definition) is 0. The topological polar surface area (TPSA) is 9.23 Å². The van der Waals surface area contributed by atoms with E-state index in [1.54, 1.807) is 18.4 Å². The van der Waals surface area contributed by atoms with Gasteiger partial charge in [0.2, 0.25) is 0 Å². The molecular formula is C6H7ClOS. The van der Waals surface area contributed by atoms with E-state index < -0.39 is 0 Å². The minimum atomic E-state index is 0.569. The van der Waals surface area contributed by atoms with E-state index in [2.05, 4.69) is 0 Å². The van der Waals surface area contributed by atoms with Crippen LogP contribution >= 0.6 is 22.9 Å². The van der Waals surface area contributed by atoms with E-state index in [0.29, 0.717) is 5.88 Å². The number of alkyl halides is 1. The largest absolute Gasteiger partial charge is 0.487 e. The van der Waals surface area contributed by atoms with E-state index in [1.807, 2.05) is 11.4 Å². The van der Waals surface area contributed by atoms with Crippen LogP contribution in [0.25, 0.3) is 0 Å². The standard InChI is InChI=1S/C6H7ClOS/c1-8-6-2-5(3-7)4-9-6/h2,4H,3H2,1H3. The molecule has 0 aliphatic rings. The van der Waals surface area contributed by atoms with Crippen LogP contribution in [0.1, 0.15) is 5.56 Å². The third-order valence-corrected chi connectivity index (χ3v) is 2.23. The molecule has 0 unspecified atom stereocenters. The molecule has 1 aromatic heterocycles. The molecule has 50 valence electrons. The predicted molar refractivity (Wildman–Crippen MR) is 40.4 cm³/mol. The molecule has 0 radical (unpaired) electrons. The zero-order valence-corrected chi connectivity index (χ0v) is 6.63. The van der Waals surface area contributed by atoms with Crippen molar-refractivity contribution in [2.75, 3.05) is 7.11 Å². The quantitative estimate of drug-likeness (QED) is 0.608. The molecule has 3 heteroatoms. The first-order chi connectivity index (χ1) is 4.36. The summed E-state index contributed by atoms with van der Waals surface area (Å²) in [7, 11) is 1.66. The summed E-state index contributed by atoms with van der Waals surface area (Å²) in [5.74, 6) is 0.569. The van der Waals surface area contributed by atoms with Gasteiger partial charge < -0.3 is 4.74 Å². The number of rotatable bonds is 2. The van der Waals surface area contributed by atoms with Crippen molar-refractivity contribution in [3.05, 3.63) is 17.0 Å². The summed E-state index contributed by atoms with van der Waals surface area (Å²) in [5.41, 5.74) is 1.12. The number of methoxy groups -OCH3 is 1. The van der Waals surface area contributed by atoms with Gasteiger partial charge in [0.05, 0.1) is 7.11 Å². The zero-order valence-electron chi connectivity index (χ0n) is 5.06. The van der Waals surface area contributed by atoms with Gasteiger partial charge in [0.25, 0.3) is 0 Å². The Bertz CT molecular complexity index is 166. The Labute approximate surface area is 63.2 Å². The minimum Gasteiger partial charge on any atom is -0.487 e. The first-order valence-corrected chi connectivity index (χ1v) is 3.95. The second-order valence-corrected chi connectivity index (χ2v) is 2.75. The average Bonchev–Trinajstić information content (AvgIpc) is 2.34. The fourth-order valence-corrected chi connectivity index (χ4v) is 1.51. The Morgan fingerprint density at radius 3 is 2.89 bits per heavy atom. The van der Waals surface area contributed by atoms with E-state index in [4.69, 9.17) is 16.3 Å². The summed E-state index contributed by atoms with van der Waals surface area (Å²) < 4.78 is 4.96. The van der Waals surface area contributed by atoms with Crippen LogP contribution in [-0.4, -0.2) is 7.11 Å². The first-order valence-electron chi connectivity index (χ1n) is 2.54. The smallest absolute Gasteiger partial charge is 0.173 e. The van der Waals surface area contributed by atoms with Gasteiger partial charge in [-0.2, -0.15) is 0 Å². The van der Waals surface area contributed by atoms with Gasteiger partial charge in [-0.25, -0.2) is 0 Å². The Balaban J connectivity index is 2.74. The van der Waals surface area contributed by atoms with Crippen LogP contribution < -0.4 is 4.74 Å². The third kappa shape index (κ3) is 1.60. The Morgan fingerprint density at radius 1 is 1.78 bits per heavy atom. The summed E-state index contributed by atoms with van der Waals surface area (Å²) in [5, 5.41) is 2.91. The lowest BCUT2D eigenvalue weighted by Crippen LogP contribution is -1.74. The molecule has 0 aliphatic heterocycles. The molecule has 1 heterocycles. The van der Waals surface area contributed by atoms with E-state index in [9.17, 15) is 0 Å². The van der Waals surface area contributed by atoms with Crippen LogP contribution in [0, 0.1) is 0 Å². The number of thiophene rings is 1. The van der Waals surface area contributed by atoms with Crippen molar-refractivity contribution >= 4 is 22.9 Å². The molecule has 0 bridgehead atoms. The van der Waals surface area contributed by atoms with Crippen molar-refractivity contribution in [1.29, 1.82) is 0 Å².